The summed E-state index contributed by atoms with van der Waals surface area (Å²) in [6.07, 6.45) is 11.2. The monoisotopic (exact) mass is 387 g/mol. The number of ether oxygens (including phenoxy) is 1. The van der Waals surface area contributed by atoms with Crippen molar-refractivity contribution in [1.82, 2.24) is 24.1 Å². The summed E-state index contributed by atoms with van der Waals surface area (Å²) >= 11 is 0. The Bertz CT molecular complexity index is 1070. The van der Waals surface area contributed by atoms with Gasteiger partial charge in [-0.3, -0.25) is 0 Å². The smallest absolute Gasteiger partial charge is 0.357 e. The highest BCUT2D eigenvalue weighted by atomic mass is 16.5. The normalized spacial score (nSPS) is 11.9. The molecule has 3 heterocycles. The van der Waals surface area contributed by atoms with E-state index < -0.39 is 12.1 Å². The Balaban J connectivity index is 1.53. The lowest BCUT2D eigenvalue weighted by Crippen LogP contribution is -2.17. The first-order chi connectivity index (χ1) is 14.2. The molecule has 0 aliphatic heterocycles. The van der Waals surface area contributed by atoms with Crippen molar-refractivity contribution in [3.63, 3.8) is 0 Å². The number of nitrogens with zero attached hydrogens (tertiary/aromatic N) is 5. The summed E-state index contributed by atoms with van der Waals surface area (Å²) in [5.41, 5.74) is 2.22. The van der Waals surface area contributed by atoms with Crippen LogP contribution in [-0.4, -0.2) is 30.1 Å². The van der Waals surface area contributed by atoms with Crippen LogP contribution in [-0.2, 0) is 18.2 Å². The van der Waals surface area contributed by atoms with Crippen molar-refractivity contribution in [1.29, 1.82) is 0 Å². The fourth-order valence-corrected chi connectivity index (χ4v) is 3.16. The maximum absolute atomic E-state index is 12.8. The van der Waals surface area contributed by atoms with Crippen molar-refractivity contribution >= 4 is 5.97 Å². The lowest BCUT2D eigenvalue weighted by atomic mass is 10.1. The standard InChI is InChI=1S/C22H21N5O2/c1-26-13-12-25-21(26)20(8-7-17-5-3-2-4-6-17)29-22(28)19-15-18(9-10-24-19)27-14-11-23-16-27/h2-6,9-16,20H,7-8H2,1H3/t20-/m1/s1. The molecule has 1 aromatic carbocycles. The molecule has 4 aromatic rings. The van der Waals surface area contributed by atoms with Gasteiger partial charge in [0.15, 0.2) is 6.10 Å². The van der Waals surface area contributed by atoms with Gasteiger partial charge in [0.1, 0.15) is 11.5 Å². The van der Waals surface area contributed by atoms with Crippen LogP contribution >= 0.6 is 0 Å². The quantitative estimate of drug-likeness (QED) is 0.454. The van der Waals surface area contributed by atoms with Crippen molar-refractivity contribution in [2.24, 2.45) is 7.05 Å². The molecule has 0 bridgehead atoms. The van der Waals surface area contributed by atoms with Gasteiger partial charge < -0.3 is 13.9 Å². The van der Waals surface area contributed by atoms with Gasteiger partial charge in [-0.25, -0.2) is 19.7 Å². The van der Waals surface area contributed by atoms with E-state index in [-0.39, 0.29) is 5.69 Å². The first kappa shape index (κ1) is 18.6. The Labute approximate surface area is 168 Å². The topological polar surface area (TPSA) is 74.8 Å². The van der Waals surface area contributed by atoms with E-state index in [1.807, 2.05) is 46.6 Å². The number of aromatic nitrogens is 5. The zero-order valence-corrected chi connectivity index (χ0v) is 16.0. The second-order valence-corrected chi connectivity index (χ2v) is 6.68. The highest BCUT2D eigenvalue weighted by molar-refractivity contribution is 5.88. The molecule has 0 N–H and O–H groups in total. The first-order valence-electron chi connectivity index (χ1n) is 9.37. The van der Waals surface area contributed by atoms with Gasteiger partial charge in [0.25, 0.3) is 0 Å². The lowest BCUT2D eigenvalue weighted by Gasteiger charge is -2.18. The zero-order valence-electron chi connectivity index (χ0n) is 16.0. The predicted molar refractivity (Wildman–Crippen MR) is 107 cm³/mol. The number of carbonyl (C=O) groups excluding carboxylic acids is 1. The van der Waals surface area contributed by atoms with Crippen LogP contribution in [0.25, 0.3) is 5.69 Å². The number of imidazole rings is 2. The van der Waals surface area contributed by atoms with Crippen LogP contribution < -0.4 is 0 Å². The van der Waals surface area contributed by atoms with Gasteiger partial charge in [0.2, 0.25) is 0 Å². The van der Waals surface area contributed by atoms with E-state index in [9.17, 15) is 4.79 Å². The van der Waals surface area contributed by atoms with Crippen LogP contribution in [0.15, 0.2) is 79.8 Å². The minimum absolute atomic E-state index is 0.245. The number of pyridine rings is 1. The number of benzene rings is 1. The molecule has 4 rings (SSSR count). The fraction of sp³-hybridized carbons (Fsp3) is 0.182. The molecule has 146 valence electrons. The average Bonchev–Trinajstić information content (AvgIpc) is 3.44. The maximum atomic E-state index is 12.8. The highest BCUT2D eigenvalue weighted by Gasteiger charge is 2.22. The molecule has 0 unspecified atom stereocenters. The van der Waals surface area contributed by atoms with Crippen molar-refractivity contribution in [3.8, 4) is 5.69 Å². The number of esters is 1. The Hall–Kier alpha value is -3.74. The molecule has 7 heteroatoms. The van der Waals surface area contributed by atoms with Gasteiger partial charge >= 0.3 is 5.97 Å². The second-order valence-electron chi connectivity index (χ2n) is 6.68. The Morgan fingerprint density at radius 2 is 1.93 bits per heavy atom. The molecule has 0 saturated heterocycles. The highest BCUT2D eigenvalue weighted by Crippen LogP contribution is 2.23. The molecular formula is C22H21N5O2. The molecule has 1 atom stereocenters. The minimum atomic E-state index is -0.479. The van der Waals surface area contributed by atoms with Crippen molar-refractivity contribution in [2.75, 3.05) is 0 Å². The van der Waals surface area contributed by atoms with Gasteiger partial charge in [-0.15, -0.1) is 0 Å². The van der Waals surface area contributed by atoms with E-state index in [2.05, 4.69) is 27.1 Å². The summed E-state index contributed by atoms with van der Waals surface area (Å²) in [5.74, 6) is 0.230. The number of hydrogen-bond acceptors (Lipinski definition) is 5. The molecule has 0 aliphatic carbocycles. The average molecular weight is 387 g/mol. The number of carbonyl (C=O) groups is 1. The molecule has 0 fully saturated rings. The molecule has 3 aromatic heterocycles. The van der Waals surface area contributed by atoms with Gasteiger partial charge in [0.05, 0.1) is 12.0 Å². The molecule has 7 nitrogen and oxygen atoms in total. The van der Waals surface area contributed by atoms with E-state index in [1.165, 1.54) is 5.56 Å². The summed E-state index contributed by atoms with van der Waals surface area (Å²) < 4.78 is 9.53. The zero-order chi connectivity index (χ0) is 20.1. The maximum Gasteiger partial charge on any atom is 0.357 e. The van der Waals surface area contributed by atoms with Gasteiger partial charge in [-0.1, -0.05) is 30.3 Å². The Morgan fingerprint density at radius 3 is 2.66 bits per heavy atom. The summed E-state index contributed by atoms with van der Waals surface area (Å²) in [6, 6.07) is 13.6. The minimum Gasteiger partial charge on any atom is -0.449 e. The summed E-state index contributed by atoms with van der Waals surface area (Å²) in [5, 5.41) is 0. The fourth-order valence-electron chi connectivity index (χ4n) is 3.16. The number of aryl methyl sites for hydroxylation is 2. The van der Waals surface area contributed by atoms with Crippen LogP contribution in [0.4, 0.5) is 0 Å². The molecule has 29 heavy (non-hydrogen) atoms. The molecule has 0 amide bonds. The van der Waals surface area contributed by atoms with E-state index >= 15 is 0 Å². The third-order valence-electron chi connectivity index (χ3n) is 4.69. The van der Waals surface area contributed by atoms with Crippen molar-refractivity contribution in [3.05, 3.63) is 96.9 Å². The van der Waals surface area contributed by atoms with E-state index in [4.69, 9.17) is 4.74 Å². The molecule has 0 radical (unpaired) electrons. The van der Waals surface area contributed by atoms with Crippen LogP contribution in [0.1, 0.15) is 34.4 Å². The lowest BCUT2D eigenvalue weighted by molar-refractivity contribution is 0.0243. The second kappa shape index (κ2) is 8.52. The van der Waals surface area contributed by atoms with Crippen LogP contribution in [0.2, 0.25) is 0 Å². The van der Waals surface area contributed by atoms with E-state index in [0.717, 1.165) is 12.1 Å². The van der Waals surface area contributed by atoms with Crippen LogP contribution in [0.5, 0.6) is 0 Å². The SMILES string of the molecule is Cn1ccnc1[C@@H](CCc1ccccc1)OC(=O)c1cc(-n2ccnc2)ccn1. The summed E-state index contributed by atoms with van der Waals surface area (Å²) in [4.78, 5) is 25.5. The van der Waals surface area contributed by atoms with Crippen LogP contribution in [0, 0.1) is 0 Å². The van der Waals surface area contributed by atoms with Crippen molar-refractivity contribution in [2.45, 2.75) is 18.9 Å². The van der Waals surface area contributed by atoms with Gasteiger partial charge in [-0.2, -0.15) is 0 Å². The molecule has 0 aliphatic rings. The third kappa shape index (κ3) is 4.40. The number of hydrogen-bond donors (Lipinski definition) is 0. The molecular weight excluding hydrogens is 366 g/mol. The number of rotatable bonds is 7. The summed E-state index contributed by atoms with van der Waals surface area (Å²) in [6.45, 7) is 0. The van der Waals surface area contributed by atoms with Gasteiger partial charge in [-0.05, 0) is 30.5 Å². The van der Waals surface area contributed by atoms with E-state index in [1.54, 1.807) is 37.2 Å². The van der Waals surface area contributed by atoms with Crippen molar-refractivity contribution < 1.29 is 9.53 Å². The molecule has 0 saturated carbocycles. The molecule has 0 spiro atoms. The Kier molecular flexibility index (Phi) is 5.47. The van der Waals surface area contributed by atoms with Crippen LogP contribution in [0.3, 0.4) is 0 Å². The summed E-state index contributed by atoms with van der Waals surface area (Å²) in [7, 11) is 1.89. The Morgan fingerprint density at radius 1 is 1.07 bits per heavy atom. The first-order valence-corrected chi connectivity index (χ1v) is 9.37. The predicted octanol–water partition coefficient (Wildman–Crippen LogP) is 3.53. The van der Waals surface area contributed by atoms with E-state index in [0.29, 0.717) is 12.2 Å². The third-order valence-corrected chi connectivity index (χ3v) is 4.69. The largest absolute Gasteiger partial charge is 0.449 e. The van der Waals surface area contributed by atoms with Gasteiger partial charge in [0, 0.05) is 38.0 Å².